The molecule has 23 heavy (non-hydrogen) atoms. The van der Waals surface area contributed by atoms with Crippen molar-refractivity contribution in [2.75, 3.05) is 46.1 Å². The topological polar surface area (TPSA) is 63.2 Å². The van der Waals surface area contributed by atoms with Crippen LogP contribution in [0, 0.1) is 0 Å². The summed E-state index contributed by atoms with van der Waals surface area (Å²) in [5, 5.41) is 13.2. The van der Waals surface area contributed by atoms with Crippen molar-refractivity contribution in [3.05, 3.63) is 23.8 Å². The van der Waals surface area contributed by atoms with Crippen LogP contribution in [0.2, 0.25) is 0 Å². The predicted molar refractivity (Wildman–Crippen MR) is 88.9 cm³/mol. The van der Waals surface area contributed by atoms with Crippen LogP contribution in [0.25, 0.3) is 0 Å². The molecule has 1 aliphatic rings. The highest BCUT2D eigenvalue weighted by molar-refractivity contribution is 5.44. The molecule has 1 atom stereocenters. The number of hydrogen-bond acceptors (Lipinski definition) is 6. The van der Waals surface area contributed by atoms with E-state index in [-0.39, 0.29) is 6.79 Å². The minimum absolute atomic E-state index is 0.275. The van der Waals surface area contributed by atoms with E-state index in [0.717, 1.165) is 43.2 Å². The molecule has 0 bridgehead atoms. The Hall–Kier alpha value is -1.34. The van der Waals surface area contributed by atoms with Crippen molar-refractivity contribution in [2.24, 2.45) is 0 Å². The number of rotatable bonds is 11. The van der Waals surface area contributed by atoms with Gasteiger partial charge in [-0.2, -0.15) is 0 Å². The molecule has 2 N–H and O–H groups in total. The summed E-state index contributed by atoms with van der Waals surface area (Å²) >= 11 is 0. The number of aliphatic hydroxyl groups excluding tert-OH is 1. The zero-order valence-corrected chi connectivity index (χ0v) is 14.1. The Morgan fingerprint density at radius 3 is 2.83 bits per heavy atom. The first kappa shape index (κ1) is 18.0. The summed E-state index contributed by atoms with van der Waals surface area (Å²) in [6.45, 7) is 9.88. The number of likely N-dealkylation sites (N-methyl/N-ethyl adjacent to an activating group) is 1. The van der Waals surface area contributed by atoms with Crippen LogP contribution < -0.4 is 14.8 Å². The Balaban J connectivity index is 1.57. The summed E-state index contributed by atoms with van der Waals surface area (Å²) in [5.41, 5.74) is 1.01. The lowest BCUT2D eigenvalue weighted by molar-refractivity contribution is 0.0287. The van der Waals surface area contributed by atoms with Crippen molar-refractivity contribution < 1.29 is 19.3 Å². The van der Waals surface area contributed by atoms with E-state index in [4.69, 9.17) is 14.2 Å². The van der Waals surface area contributed by atoms with Crippen molar-refractivity contribution in [1.82, 2.24) is 10.2 Å². The van der Waals surface area contributed by atoms with Gasteiger partial charge < -0.3 is 29.5 Å². The maximum absolute atomic E-state index is 9.92. The van der Waals surface area contributed by atoms with Gasteiger partial charge in [-0.1, -0.05) is 19.9 Å². The zero-order chi connectivity index (χ0) is 16.5. The minimum atomic E-state index is -0.499. The summed E-state index contributed by atoms with van der Waals surface area (Å²) in [6, 6.07) is 5.74. The quantitative estimate of drug-likeness (QED) is 0.597. The van der Waals surface area contributed by atoms with Gasteiger partial charge in [0.05, 0.1) is 19.3 Å². The zero-order valence-electron chi connectivity index (χ0n) is 14.1. The number of hydrogen-bond donors (Lipinski definition) is 2. The summed E-state index contributed by atoms with van der Waals surface area (Å²) in [6.07, 6.45) is -0.499. The molecule has 130 valence electrons. The molecule has 6 heteroatoms. The van der Waals surface area contributed by atoms with E-state index in [1.807, 2.05) is 18.2 Å². The molecule has 0 saturated carbocycles. The summed E-state index contributed by atoms with van der Waals surface area (Å²) in [7, 11) is 0. The molecular formula is C17H28N2O4. The Morgan fingerprint density at radius 2 is 2.04 bits per heavy atom. The number of nitrogens with zero attached hydrogens (tertiary/aromatic N) is 1. The van der Waals surface area contributed by atoms with E-state index in [0.29, 0.717) is 19.8 Å². The van der Waals surface area contributed by atoms with E-state index < -0.39 is 6.10 Å². The third-order valence-electron chi connectivity index (χ3n) is 3.90. The normalized spacial score (nSPS) is 14.4. The van der Waals surface area contributed by atoms with E-state index in [1.54, 1.807) is 0 Å². The Labute approximate surface area is 138 Å². The predicted octanol–water partition coefficient (Wildman–Crippen LogP) is 1.22. The van der Waals surface area contributed by atoms with Crippen LogP contribution >= 0.6 is 0 Å². The first-order chi connectivity index (χ1) is 11.2. The van der Waals surface area contributed by atoms with Gasteiger partial charge in [0.25, 0.3) is 0 Å². The van der Waals surface area contributed by atoms with E-state index in [1.165, 1.54) is 0 Å². The second-order valence-corrected chi connectivity index (χ2v) is 5.59. The van der Waals surface area contributed by atoms with Crippen LogP contribution in [0.4, 0.5) is 0 Å². The van der Waals surface area contributed by atoms with Gasteiger partial charge in [-0.25, -0.2) is 0 Å². The second-order valence-electron chi connectivity index (χ2n) is 5.59. The lowest BCUT2D eigenvalue weighted by Gasteiger charge is -2.19. The van der Waals surface area contributed by atoms with Gasteiger partial charge in [0.2, 0.25) is 6.79 Å². The molecule has 0 aromatic heterocycles. The van der Waals surface area contributed by atoms with Crippen molar-refractivity contribution in [3.63, 3.8) is 0 Å². The fraction of sp³-hybridized carbons (Fsp3) is 0.647. The molecule has 2 rings (SSSR count). The summed E-state index contributed by atoms with van der Waals surface area (Å²) in [5.74, 6) is 1.52. The molecule has 0 aliphatic carbocycles. The van der Waals surface area contributed by atoms with E-state index in [9.17, 15) is 5.11 Å². The van der Waals surface area contributed by atoms with Crippen LogP contribution in [0.5, 0.6) is 11.5 Å². The summed E-state index contributed by atoms with van der Waals surface area (Å²) < 4.78 is 16.2. The van der Waals surface area contributed by atoms with Crippen molar-refractivity contribution in [3.8, 4) is 11.5 Å². The van der Waals surface area contributed by atoms with Crippen LogP contribution in [0.3, 0.4) is 0 Å². The van der Waals surface area contributed by atoms with Gasteiger partial charge in [0, 0.05) is 19.6 Å². The van der Waals surface area contributed by atoms with Crippen LogP contribution in [-0.4, -0.2) is 62.2 Å². The first-order valence-electron chi connectivity index (χ1n) is 8.30. The number of aliphatic hydroxyl groups is 1. The fourth-order valence-electron chi connectivity index (χ4n) is 2.45. The minimum Gasteiger partial charge on any atom is -0.454 e. The molecular weight excluding hydrogens is 296 g/mol. The Bertz CT molecular complexity index is 466. The van der Waals surface area contributed by atoms with Crippen molar-refractivity contribution in [2.45, 2.75) is 26.6 Å². The monoisotopic (exact) mass is 324 g/mol. The molecule has 1 aromatic rings. The van der Waals surface area contributed by atoms with Gasteiger partial charge in [-0.3, -0.25) is 0 Å². The third-order valence-corrected chi connectivity index (χ3v) is 3.90. The molecule has 0 radical (unpaired) electrons. The fourth-order valence-corrected chi connectivity index (χ4v) is 2.45. The van der Waals surface area contributed by atoms with Crippen molar-refractivity contribution >= 4 is 0 Å². The molecule has 0 unspecified atom stereocenters. The molecule has 1 heterocycles. The molecule has 0 spiro atoms. The lowest BCUT2D eigenvalue weighted by Crippen LogP contribution is -2.36. The van der Waals surface area contributed by atoms with Crippen molar-refractivity contribution in [1.29, 1.82) is 0 Å². The highest BCUT2D eigenvalue weighted by atomic mass is 16.7. The number of nitrogens with one attached hydrogen (secondary N) is 1. The van der Waals surface area contributed by atoms with Crippen LogP contribution in [0.15, 0.2) is 18.2 Å². The third kappa shape index (κ3) is 5.99. The molecule has 0 saturated heterocycles. The molecule has 0 fully saturated rings. The molecule has 0 amide bonds. The maximum Gasteiger partial charge on any atom is 0.231 e. The van der Waals surface area contributed by atoms with Gasteiger partial charge in [-0.15, -0.1) is 0 Å². The highest BCUT2D eigenvalue weighted by Gasteiger charge is 2.13. The van der Waals surface area contributed by atoms with E-state index >= 15 is 0 Å². The molecule has 1 aliphatic heterocycles. The Morgan fingerprint density at radius 1 is 1.26 bits per heavy atom. The highest BCUT2D eigenvalue weighted by Crippen LogP contribution is 2.32. The lowest BCUT2D eigenvalue weighted by atomic mass is 10.2. The Kier molecular flexibility index (Phi) is 7.61. The number of ether oxygens (including phenoxy) is 3. The van der Waals surface area contributed by atoms with Crippen LogP contribution in [0.1, 0.15) is 19.4 Å². The number of benzene rings is 1. The smallest absolute Gasteiger partial charge is 0.231 e. The average Bonchev–Trinajstić information content (AvgIpc) is 3.03. The standard InChI is InChI=1S/C17H28N2O4/c1-3-19(4-2)8-7-18-10-15(20)12-21-11-14-5-6-16-17(9-14)23-13-22-16/h5-6,9,15,18,20H,3-4,7-8,10-13H2,1-2H3/t15-/m0/s1. The van der Waals surface area contributed by atoms with E-state index in [2.05, 4.69) is 24.1 Å². The van der Waals surface area contributed by atoms with Crippen LogP contribution in [-0.2, 0) is 11.3 Å². The second kappa shape index (κ2) is 9.72. The summed E-state index contributed by atoms with van der Waals surface area (Å²) in [4.78, 5) is 2.34. The van der Waals surface area contributed by atoms with Gasteiger partial charge in [0.1, 0.15) is 0 Å². The molecule has 1 aromatic carbocycles. The first-order valence-corrected chi connectivity index (χ1v) is 8.30. The van der Waals surface area contributed by atoms with Gasteiger partial charge >= 0.3 is 0 Å². The molecule has 6 nitrogen and oxygen atoms in total. The number of fused-ring (bicyclic) bond motifs is 1. The maximum atomic E-state index is 9.92. The largest absolute Gasteiger partial charge is 0.454 e. The SMILES string of the molecule is CCN(CC)CCNC[C@H](O)COCc1ccc2c(c1)OCO2. The average molecular weight is 324 g/mol. The van der Waals surface area contributed by atoms with Gasteiger partial charge in [-0.05, 0) is 30.8 Å². The van der Waals surface area contributed by atoms with Gasteiger partial charge in [0.15, 0.2) is 11.5 Å².